The van der Waals surface area contributed by atoms with Crippen molar-refractivity contribution in [3.63, 3.8) is 0 Å². The van der Waals surface area contributed by atoms with E-state index in [-0.39, 0.29) is 0 Å². The molecule has 0 bridgehead atoms. The Morgan fingerprint density at radius 3 is 1.48 bits per heavy atom. The molecular formula is C58H37NO. The van der Waals surface area contributed by atoms with Crippen LogP contribution in [0.4, 0.5) is 17.1 Å². The van der Waals surface area contributed by atoms with Crippen molar-refractivity contribution in [1.29, 1.82) is 0 Å². The lowest BCUT2D eigenvalue weighted by Gasteiger charge is -2.26. The van der Waals surface area contributed by atoms with Gasteiger partial charge in [-0.2, -0.15) is 0 Å². The number of anilines is 3. The Kier molecular flexibility index (Phi) is 7.89. The maximum absolute atomic E-state index is 6.80. The number of nitrogens with zero attached hydrogens (tertiary/aromatic N) is 1. The highest BCUT2D eigenvalue weighted by atomic mass is 16.3. The molecule has 0 unspecified atom stereocenters. The SMILES string of the molecule is c1ccc2cc(-c3ccc4cc(-c5ccc(N(c6ccc(-c7cccc8ccccc78)cc6)c6cc7ccccc7c7c6oc6ccccc67)cc5)ccc4c3)ccc2c1. The van der Waals surface area contributed by atoms with E-state index in [4.69, 9.17) is 4.42 Å². The van der Waals surface area contributed by atoms with Crippen LogP contribution in [-0.4, -0.2) is 0 Å². The van der Waals surface area contributed by atoms with E-state index in [2.05, 4.69) is 223 Å². The van der Waals surface area contributed by atoms with Crippen LogP contribution >= 0.6 is 0 Å². The molecule has 0 saturated carbocycles. The highest BCUT2D eigenvalue weighted by molar-refractivity contribution is 6.23. The zero-order valence-electron chi connectivity index (χ0n) is 32.7. The molecule has 12 rings (SSSR count). The number of fused-ring (bicyclic) bond motifs is 8. The summed E-state index contributed by atoms with van der Waals surface area (Å²) >= 11 is 0. The summed E-state index contributed by atoms with van der Waals surface area (Å²) in [5.41, 5.74) is 12.1. The molecule has 1 aromatic heterocycles. The quantitative estimate of drug-likeness (QED) is 0.168. The molecular weight excluding hydrogens is 727 g/mol. The Morgan fingerprint density at radius 2 is 0.783 bits per heavy atom. The second kappa shape index (κ2) is 13.9. The number of para-hydroxylation sites is 1. The molecule has 12 aromatic rings. The van der Waals surface area contributed by atoms with Crippen LogP contribution in [0.5, 0.6) is 0 Å². The van der Waals surface area contributed by atoms with Crippen LogP contribution in [0.25, 0.3) is 98.4 Å². The van der Waals surface area contributed by atoms with Gasteiger partial charge in [0.05, 0.1) is 5.69 Å². The molecule has 0 atom stereocenters. The van der Waals surface area contributed by atoms with Crippen molar-refractivity contribution >= 4 is 82.1 Å². The number of hydrogen-bond donors (Lipinski definition) is 0. The summed E-state index contributed by atoms with van der Waals surface area (Å²) in [4.78, 5) is 2.35. The Balaban J connectivity index is 0.964. The lowest BCUT2D eigenvalue weighted by molar-refractivity contribution is 0.669. The Labute approximate surface area is 347 Å². The van der Waals surface area contributed by atoms with Crippen molar-refractivity contribution in [1.82, 2.24) is 0 Å². The molecule has 0 amide bonds. The molecule has 60 heavy (non-hydrogen) atoms. The van der Waals surface area contributed by atoms with Crippen LogP contribution in [0.3, 0.4) is 0 Å². The summed E-state index contributed by atoms with van der Waals surface area (Å²) in [7, 11) is 0. The normalized spacial score (nSPS) is 11.7. The molecule has 0 radical (unpaired) electrons. The molecule has 0 aliphatic carbocycles. The predicted octanol–water partition coefficient (Wildman–Crippen LogP) is 16.7. The molecule has 2 heteroatoms. The summed E-state index contributed by atoms with van der Waals surface area (Å²) in [6, 6.07) is 81.2. The van der Waals surface area contributed by atoms with Gasteiger partial charge in [-0.15, -0.1) is 0 Å². The summed E-state index contributed by atoms with van der Waals surface area (Å²) in [6.07, 6.45) is 0. The van der Waals surface area contributed by atoms with Crippen molar-refractivity contribution in [2.75, 3.05) is 4.90 Å². The Bertz CT molecular complexity index is 3590. The Morgan fingerprint density at radius 1 is 0.300 bits per heavy atom. The van der Waals surface area contributed by atoms with E-state index in [9.17, 15) is 0 Å². The van der Waals surface area contributed by atoms with E-state index in [1.807, 2.05) is 6.07 Å². The van der Waals surface area contributed by atoms with E-state index in [1.54, 1.807) is 0 Å². The topological polar surface area (TPSA) is 16.4 Å². The average Bonchev–Trinajstić information content (AvgIpc) is 3.72. The van der Waals surface area contributed by atoms with Crippen LogP contribution in [0.2, 0.25) is 0 Å². The van der Waals surface area contributed by atoms with Gasteiger partial charge in [-0.3, -0.25) is 0 Å². The minimum atomic E-state index is 0.870. The van der Waals surface area contributed by atoms with Crippen molar-refractivity contribution in [2.45, 2.75) is 0 Å². The van der Waals surface area contributed by atoms with Gasteiger partial charge in [0, 0.05) is 22.1 Å². The predicted molar refractivity (Wildman–Crippen MR) is 255 cm³/mol. The molecule has 11 aromatic carbocycles. The summed E-state index contributed by atoms with van der Waals surface area (Å²) < 4.78 is 6.80. The number of benzene rings is 11. The van der Waals surface area contributed by atoms with Gasteiger partial charge in [-0.05, 0) is 131 Å². The van der Waals surface area contributed by atoms with Crippen LogP contribution in [0.1, 0.15) is 0 Å². The minimum Gasteiger partial charge on any atom is -0.454 e. The third-order valence-corrected chi connectivity index (χ3v) is 12.2. The first-order chi connectivity index (χ1) is 29.7. The zero-order chi connectivity index (χ0) is 39.6. The van der Waals surface area contributed by atoms with Crippen molar-refractivity contribution in [3.05, 3.63) is 224 Å². The van der Waals surface area contributed by atoms with Gasteiger partial charge < -0.3 is 9.32 Å². The van der Waals surface area contributed by atoms with Crippen molar-refractivity contribution in [2.24, 2.45) is 0 Å². The van der Waals surface area contributed by atoms with E-state index in [1.165, 1.54) is 70.9 Å². The van der Waals surface area contributed by atoms with Crippen LogP contribution < -0.4 is 4.90 Å². The maximum atomic E-state index is 6.80. The second-order valence-electron chi connectivity index (χ2n) is 15.7. The summed E-state index contributed by atoms with van der Waals surface area (Å²) in [5.74, 6) is 0. The lowest BCUT2D eigenvalue weighted by Crippen LogP contribution is -2.10. The van der Waals surface area contributed by atoms with Gasteiger partial charge in [0.15, 0.2) is 5.58 Å². The van der Waals surface area contributed by atoms with Gasteiger partial charge in [0.1, 0.15) is 5.58 Å². The van der Waals surface area contributed by atoms with Crippen LogP contribution in [-0.2, 0) is 0 Å². The fourth-order valence-electron chi connectivity index (χ4n) is 9.19. The third-order valence-electron chi connectivity index (χ3n) is 12.2. The fraction of sp³-hybridized carbons (Fsp3) is 0. The van der Waals surface area contributed by atoms with Crippen LogP contribution in [0, 0.1) is 0 Å². The zero-order valence-corrected chi connectivity index (χ0v) is 32.7. The van der Waals surface area contributed by atoms with E-state index in [0.717, 1.165) is 44.6 Å². The number of hydrogen-bond acceptors (Lipinski definition) is 2. The monoisotopic (exact) mass is 763 g/mol. The largest absolute Gasteiger partial charge is 0.454 e. The van der Waals surface area contributed by atoms with Crippen molar-refractivity contribution in [3.8, 4) is 33.4 Å². The molecule has 0 N–H and O–H groups in total. The number of rotatable bonds is 6. The average molecular weight is 764 g/mol. The lowest BCUT2D eigenvalue weighted by atomic mass is 9.96. The first-order valence-electron chi connectivity index (χ1n) is 20.6. The smallest absolute Gasteiger partial charge is 0.160 e. The Hall–Kier alpha value is -7.94. The third kappa shape index (κ3) is 5.73. The standard InChI is InChI=1S/C58H37NO/c1-2-12-42-34-44(21-20-38(42)10-1)47-25-24-45-35-43(22-23-46(45)36-47)39-26-30-49(31-27-39)59(50-32-28-41(29-33-50)52-18-9-14-40-11-3-5-15-51(40)52)55-37-48-13-4-6-16-53(48)57-54-17-7-8-19-56(54)60-58(55)57/h1-37H. The second-order valence-corrected chi connectivity index (χ2v) is 15.7. The molecule has 0 aliphatic heterocycles. The molecule has 2 nitrogen and oxygen atoms in total. The fourth-order valence-corrected chi connectivity index (χ4v) is 9.19. The van der Waals surface area contributed by atoms with Gasteiger partial charge in [-0.1, -0.05) is 170 Å². The summed E-state index contributed by atoms with van der Waals surface area (Å²) in [5, 5.41) is 12.1. The molecule has 1 heterocycles. The first kappa shape index (κ1) is 34.1. The van der Waals surface area contributed by atoms with Gasteiger partial charge in [0.2, 0.25) is 0 Å². The van der Waals surface area contributed by atoms with Gasteiger partial charge in [-0.25, -0.2) is 0 Å². The maximum Gasteiger partial charge on any atom is 0.160 e. The molecule has 0 fully saturated rings. The molecule has 0 spiro atoms. The number of furan rings is 1. The van der Waals surface area contributed by atoms with Crippen molar-refractivity contribution < 1.29 is 4.42 Å². The van der Waals surface area contributed by atoms with E-state index < -0.39 is 0 Å². The molecule has 0 aliphatic rings. The van der Waals surface area contributed by atoms with E-state index in [0.29, 0.717) is 0 Å². The molecule has 280 valence electrons. The summed E-state index contributed by atoms with van der Waals surface area (Å²) in [6.45, 7) is 0. The van der Waals surface area contributed by atoms with Crippen LogP contribution in [0.15, 0.2) is 229 Å². The van der Waals surface area contributed by atoms with Gasteiger partial charge >= 0.3 is 0 Å². The highest BCUT2D eigenvalue weighted by Gasteiger charge is 2.22. The minimum absolute atomic E-state index is 0.870. The highest BCUT2D eigenvalue weighted by Crippen LogP contribution is 2.46. The van der Waals surface area contributed by atoms with E-state index >= 15 is 0 Å². The molecule has 0 saturated heterocycles. The first-order valence-corrected chi connectivity index (χ1v) is 20.6. The van der Waals surface area contributed by atoms with Gasteiger partial charge in [0.25, 0.3) is 0 Å².